The molecule has 0 rings (SSSR count). The van der Waals surface area contributed by atoms with E-state index >= 15 is 0 Å². The zero-order valence-electron chi connectivity index (χ0n) is 43.2. The number of allylic oxidation sites excluding steroid dienone is 7. The normalized spacial score (nSPS) is 13.0. The topological polar surface area (TPSA) is 95.9 Å². The molecule has 0 aromatic carbocycles. The third-order valence-electron chi connectivity index (χ3n) is 12.8. The predicted octanol–water partition coefficient (Wildman–Crippen LogP) is 17.4. The number of hydrogen-bond acceptors (Lipinski definition) is 5. The van der Waals surface area contributed by atoms with Crippen molar-refractivity contribution in [3.05, 3.63) is 48.6 Å². The summed E-state index contributed by atoms with van der Waals surface area (Å²) >= 11 is 0. The van der Waals surface area contributed by atoms with Gasteiger partial charge < -0.3 is 20.3 Å². The Morgan fingerprint density at radius 2 is 0.800 bits per heavy atom. The van der Waals surface area contributed by atoms with Crippen LogP contribution in [0.2, 0.25) is 0 Å². The van der Waals surface area contributed by atoms with Gasteiger partial charge in [-0.15, -0.1) is 0 Å². The molecular formula is C59H109NO5. The summed E-state index contributed by atoms with van der Waals surface area (Å²) in [6, 6.07) is -0.629. The Hall–Kier alpha value is -2.18. The van der Waals surface area contributed by atoms with Gasteiger partial charge in [0.1, 0.15) is 0 Å². The van der Waals surface area contributed by atoms with E-state index in [0.717, 1.165) is 51.4 Å². The molecule has 6 nitrogen and oxygen atoms in total. The van der Waals surface area contributed by atoms with Crippen molar-refractivity contribution in [2.45, 2.75) is 302 Å². The Kier molecular flexibility index (Phi) is 52.6. The first-order valence-electron chi connectivity index (χ1n) is 28.4. The smallest absolute Gasteiger partial charge is 0.305 e. The number of esters is 1. The highest BCUT2D eigenvalue weighted by Gasteiger charge is 2.18. The Morgan fingerprint density at radius 3 is 1.25 bits per heavy atom. The number of aliphatic hydroxyl groups is 2. The monoisotopic (exact) mass is 912 g/mol. The maximum Gasteiger partial charge on any atom is 0.305 e. The molecule has 0 saturated heterocycles. The van der Waals surface area contributed by atoms with Crippen LogP contribution in [0.15, 0.2) is 48.6 Å². The van der Waals surface area contributed by atoms with Crippen LogP contribution in [0.3, 0.4) is 0 Å². The summed E-state index contributed by atoms with van der Waals surface area (Å²) < 4.78 is 5.46. The molecule has 0 aromatic heterocycles. The van der Waals surface area contributed by atoms with E-state index in [4.69, 9.17) is 4.74 Å². The van der Waals surface area contributed by atoms with Crippen molar-refractivity contribution in [1.82, 2.24) is 5.32 Å². The second-order valence-electron chi connectivity index (χ2n) is 19.3. The quantitative estimate of drug-likeness (QED) is 0.0321. The van der Waals surface area contributed by atoms with E-state index in [2.05, 4.69) is 55.6 Å². The van der Waals surface area contributed by atoms with Crippen molar-refractivity contribution in [3.63, 3.8) is 0 Å². The highest BCUT2D eigenvalue weighted by molar-refractivity contribution is 5.76. The lowest BCUT2D eigenvalue weighted by Crippen LogP contribution is -2.45. The largest absolute Gasteiger partial charge is 0.466 e. The molecule has 1 amide bonds. The number of rotatable bonds is 52. The van der Waals surface area contributed by atoms with Gasteiger partial charge in [-0.1, -0.05) is 242 Å². The summed E-state index contributed by atoms with van der Waals surface area (Å²) in [5.41, 5.74) is 0. The molecule has 0 radical (unpaired) electrons. The number of nitrogens with one attached hydrogen (secondary N) is 1. The number of unbranched alkanes of at least 4 members (excludes halogenated alkanes) is 35. The van der Waals surface area contributed by atoms with Crippen LogP contribution in [0.1, 0.15) is 290 Å². The molecule has 0 aromatic rings. The van der Waals surface area contributed by atoms with E-state index in [-0.39, 0.29) is 18.5 Å². The van der Waals surface area contributed by atoms with Crippen LogP contribution in [0.25, 0.3) is 0 Å². The SMILES string of the molecule is CCC/C=C\C/C=C\CCCCCCCC(=O)OCCCCCCCCCCCCCC/C=C\CCCCCCCCCCCC(=O)NC(CO)C(O)/C=C/CCCCCCCCCC. The van der Waals surface area contributed by atoms with E-state index < -0.39 is 12.1 Å². The Morgan fingerprint density at radius 1 is 0.431 bits per heavy atom. The van der Waals surface area contributed by atoms with Gasteiger partial charge in [0, 0.05) is 12.8 Å². The van der Waals surface area contributed by atoms with E-state index in [9.17, 15) is 19.8 Å². The van der Waals surface area contributed by atoms with E-state index in [1.807, 2.05) is 6.08 Å². The number of ether oxygens (including phenoxy) is 1. The van der Waals surface area contributed by atoms with Gasteiger partial charge in [-0.25, -0.2) is 0 Å². The highest BCUT2D eigenvalue weighted by Crippen LogP contribution is 2.16. The standard InChI is InChI=1S/C59H109NO5/c1-3-5-7-9-11-13-15-29-33-37-41-45-49-53-59(64)65-54-50-46-42-38-34-31-28-26-24-22-20-18-16-17-19-21-23-25-27-30-32-36-40-44-48-52-58(63)60-56(55-61)57(62)51-47-43-39-35-14-12-10-8-6-4-2/h7,9,13,15,17,19,47,51,56-57,61-62H,3-6,8,10-12,14,16,18,20-46,48-50,52-55H2,1-2H3,(H,60,63)/b9-7-,15-13-,19-17-,51-47+. The van der Waals surface area contributed by atoms with Crippen molar-refractivity contribution in [2.75, 3.05) is 13.2 Å². The maximum absolute atomic E-state index is 12.4. The van der Waals surface area contributed by atoms with Crippen LogP contribution >= 0.6 is 0 Å². The number of carbonyl (C=O) groups excluding carboxylic acids is 2. The number of hydrogen-bond donors (Lipinski definition) is 3. The third-order valence-corrected chi connectivity index (χ3v) is 12.8. The van der Waals surface area contributed by atoms with Crippen molar-refractivity contribution in [1.29, 1.82) is 0 Å². The second-order valence-corrected chi connectivity index (χ2v) is 19.3. The van der Waals surface area contributed by atoms with Crippen molar-refractivity contribution < 1.29 is 24.5 Å². The number of aliphatic hydroxyl groups excluding tert-OH is 2. The molecule has 0 aliphatic rings. The van der Waals surface area contributed by atoms with Gasteiger partial charge in [-0.2, -0.15) is 0 Å². The zero-order chi connectivity index (χ0) is 47.2. The van der Waals surface area contributed by atoms with Crippen molar-refractivity contribution in [2.24, 2.45) is 0 Å². The maximum atomic E-state index is 12.4. The summed E-state index contributed by atoms with van der Waals surface area (Å²) in [5, 5.41) is 23.0. The molecule has 380 valence electrons. The molecule has 0 fully saturated rings. The molecule has 0 saturated carbocycles. The summed E-state index contributed by atoms with van der Waals surface area (Å²) in [4.78, 5) is 24.4. The van der Waals surface area contributed by atoms with Gasteiger partial charge in [0.2, 0.25) is 5.91 Å². The molecule has 0 heterocycles. The lowest BCUT2D eigenvalue weighted by molar-refractivity contribution is -0.143. The van der Waals surface area contributed by atoms with Crippen LogP contribution in [-0.4, -0.2) is 47.4 Å². The fourth-order valence-electron chi connectivity index (χ4n) is 8.43. The van der Waals surface area contributed by atoms with E-state index in [0.29, 0.717) is 19.4 Å². The average Bonchev–Trinajstić information content (AvgIpc) is 3.31. The molecule has 0 aliphatic heterocycles. The lowest BCUT2D eigenvalue weighted by Gasteiger charge is -2.20. The van der Waals surface area contributed by atoms with E-state index in [1.165, 1.54) is 212 Å². The van der Waals surface area contributed by atoms with Crippen LogP contribution < -0.4 is 5.32 Å². The second kappa shape index (κ2) is 54.4. The summed E-state index contributed by atoms with van der Waals surface area (Å²) in [7, 11) is 0. The average molecular weight is 913 g/mol. The summed E-state index contributed by atoms with van der Waals surface area (Å²) in [6.07, 6.45) is 68.6. The first-order chi connectivity index (χ1) is 32.0. The molecular weight excluding hydrogens is 803 g/mol. The van der Waals surface area contributed by atoms with Crippen molar-refractivity contribution >= 4 is 11.9 Å². The van der Waals surface area contributed by atoms with Gasteiger partial charge in [-0.05, 0) is 83.5 Å². The molecule has 0 bridgehead atoms. The highest BCUT2D eigenvalue weighted by atomic mass is 16.5. The molecule has 2 atom stereocenters. The Labute approximate surface area is 404 Å². The molecule has 3 N–H and O–H groups in total. The van der Waals surface area contributed by atoms with Gasteiger partial charge in [0.25, 0.3) is 0 Å². The predicted molar refractivity (Wildman–Crippen MR) is 282 cm³/mol. The minimum absolute atomic E-state index is 0.00317. The fraction of sp³-hybridized carbons (Fsp3) is 0.831. The van der Waals surface area contributed by atoms with Crippen LogP contribution in [0.4, 0.5) is 0 Å². The summed E-state index contributed by atoms with van der Waals surface area (Å²) in [5.74, 6) is -0.0769. The molecule has 0 spiro atoms. The van der Waals surface area contributed by atoms with Crippen LogP contribution in [0.5, 0.6) is 0 Å². The van der Waals surface area contributed by atoms with Gasteiger partial charge in [0.05, 0.1) is 25.4 Å². The van der Waals surface area contributed by atoms with Crippen LogP contribution in [-0.2, 0) is 14.3 Å². The Bertz CT molecular complexity index is 1100. The number of amides is 1. The van der Waals surface area contributed by atoms with Crippen molar-refractivity contribution in [3.8, 4) is 0 Å². The molecule has 65 heavy (non-hydrogen) atoms. The summed E-state index contributed by atoms with van der Waals surface area (Å²) in [6.45, 7) is 4.81. The molecule has 0 aliphatic carbocycles. The number of carbonyl (C=O) groups is 2. The fourth-order valence-corrected chi connectivity index (χ4v) is 8.43. The van der Waals surface area contributed by atoms with Gasteiger partial charge in [0.15, 0.2) is 0 Å². The van der Waals surface area contributed by atoms with E-state index in [1.54, 1.807) is 6.08 Å². The van der Waals surface area contributed by atoms with Crippen LogP contribution in [0, 0.1) is 0 Å². The van der Waals surface area contributed by atoms with Gasteiger partial charge >= 0.3 is 5.97 Å². The first kappa shape index (κ1) is 62.8. The molecule has 2 unspecified atom stereocenters. The first-order valence-corrected chi connectivity index (χ1v) is 28.4. The lowest BCUT2D eigenvalue weighted by atomic mass is 10.0. The minimum Gasteiger partial charge on any atom is -0.466 e. The molecule has 6 heteroatoms. The van der Waals surface area contributed by atoms with Gasteiger partial charge in [-0.3, -0.25) is 9.59 Å². The minimum atomic E-state index is -0.845. The Balaban J connectivity index is 3.40. The zero-order valence-corrected chi connectivity index (χ0v) is 43.2. The third kappa shape index (κ3) is 51.1.